The number of hydrogen-bond acceptors (Lipinski definition) is 5. The van der Waals surface area contributed by atoms with E-state index < -0.39 is 6.03 Å². The molecule has 0 radical (unpaired) electrons. The third-order valence-corrected chi connectivity index (χ3v) is 5.47. The summed E-state index contributed by atoms with van der Waals surface area (Å²) in [5.41, 5.74) is 3.93. The normalized spacial score (nSPS) is 15.1. The molecule has 3 amide bonds. The molecule has 2 aliphatic rings. The van der Waals surface area contributed by atoms with Gasteiger partial charge in [-0.1, -0.05) is 4.48 Å². The lowest BCUT2D eigenvalue weighted by Crippen LogP contribution is -2.30. The number of aromatic nitrogens is 3. The molecule has 3 aromatic rings. The molecule has 160 valence electrons. The summed E-state index contributed by atoms with van der Waals surface area (Å²) in [7, 11) is 1.01. The first-order chi connectivity index (χ1) is 15.0. The van der Waals surface area contributed by atoms with Crippen molar-refractivity contribution in [3.8, 4) is 11.1 Å². The van der Waals surface area contributed by atoms with Crippen molar-refractivity contribution in [2.24, 2.45) is 5.92 Å². The van der Waals surface area contributed by atoms with Gasteiger partial charge in [0.15, 0.2) is 5.82 Å². The lowest BCUT2D eigenvalue weighted by molar-refractivity contribution is 0.104. The first-order valence-corrected chi connectivity index (χ1v) is 10.1. The van der Waals surface area contributed by atoms with Gasteiger partial charge in [-0.05, 0) is 37.0 Å². The van der Waals surface area contributed by atoms with E-state index in [1.807, 2.05) is 18.3 Å². The molecule has 1 saturated carbocycles. The molecule has 9 nitrogen and oxygen atoms in total. The Morgan fingerprint density at radius 1 is 1.29 bits per heavy atom. The average molecular weight is 424 g/mol. The predicted octanol–water partition coefficient (Wildman–Crippen LogP) is 3.65. The zero-order valence-electron chi connectivity index (χ0n) is 16.9. The summed E-state index contributed by atoms with van der Waals surface area (Å²) in [6.45, 7) is 1.04. The summed E-state index contributed by atoms with van der Waals surface area (Å²) in [6.07, 6.45) is 7.84. The van der Waals surface area contributed by atoms with Gasteiger partial charge in [0, 0.05) is 43.5 Å². The molecule has 5 rings (SSSR count). The van der Waals surface area contributed by atoms with Gasteiger partial charge in [0.25, 0.3) is 0 Å². The first-order valence-electron chi connectivity index (χ1n) is 10.1. The van der Waals surface area contributed by atoms with Crippen LogP contribution in [0.3, 0.4) is 0 Å². The number of nitrogens with one attached hydrogen (secondary N) is 1. The molecule has 1 aliphatic heterocycles. The van der Waals surface area contributed by atoms with Crippen molar-refractivity contribution in [2.75, 3.05) is 30.4 Å². The number of ether oxygens (including phenoxy) is 1. The zero-order valence-corrected chi connectivity index (χ0v) is 16.9. The lowest BCUT2D eigenvalue weighted by atomic mass is 10.1. The van der Waals surface area contributed by atoms with Crippen molar-refractivity contribution >= 4 is 29.3 Å². The molecule has 31 heavy (non-hydrogen) atoms. The number of carbonyl (C=O) groups excluding carboxylic acids is 2. The average Bonchev–Trinajstić information content (AvgIpc) is 3.35. The van der Waals surface area contributed by atoms with Gasteiger partial charge in [-0.25, -0.2) is 14.6 Å². The van der Waals surface area contributed by atoms with Crippen molar-refractivity contribution < 1.29 is 18.8 Å². The monoisotopic (exact) mass is 424 g/mol. The Hall–Kier alpha value is -3.69. The Labute approximate surface area is 177 Å². The second-order valence-electron chi connectivity index (χ2n) is 7.83. The van der Waals surface area contributed by atoms with Crippen LogP contribution in [0, 0.1) is 5.92 Å². The van der Waals surface area contributed by atoms with Crippen LogP contribution in [-0.4, -0.2) is 51.8 Å². The number of halogens is 1. The number of imidazole rings is 1. The molecule has 3 aromatic heterocycles. The number of carbonyl (C=O) groups is 2. The quantitative estimate of drug-likeness (QED) is 0.646. The van der Waals surface area contributed by atoms with Crippen LogP contribution in [-0.2, 0) is 11.2 Å². The zero-order chi connectivity index (χ0) is 21.5. The van der Waals surface area contributed by atoms with E-state index in [4.69, 9.17) is 4.74 Å². The Morgan fingerprint density at radius 3 is 2.90 bits per heavy atom. The minimum absolute atomic E-state index is 0.0485. The van der Waals surface area contributed by atoms with Crippen molar-refractivity contribution in [3.63, 3.8) is 0 Å². The van der Waals surface area contributed by atoms with Gasteiger partial charge >= 0.3 is 12.1 Å². The van der Waals surface area contributed by atoms with Gasteiger partial charge in [0.1, 0.15) is 5.65 Å². The number of rotatable bonds is 4. The Bertz CT molecular complexity index is 1170. The summed E-state index contributed by atoms with van der Waals surface area (Å²) in [5.74, 6) is 0.751. The van der Waals surface area contributed by atoms with Gasteiger partial charge in [-0.15, -0.1) is 0 Å². The highest BCUT2D eigenvalue weighted by Gasteiger charge is 2.29. The molecule has 0 unspecified atom stereocenters. The van der Waals surface area contributed by atoms with Gasteiger partial charge in [-0.3, -0.25) is 15.2 Å². The van der Waals surface area contributed by atoms with Crippen LogP contribution in [0.25, 0.3) is 16.8 Å². The second kappa shape index (κ2) is 7.53. The fourth-order valence-electron chi connectivity index (χ4n) is 3.55. The van der Waals surface area contributed by atoms with Crippen LogP contribution in [0.1, 0.15) is 18.5 Å². The maximum absolute atomic E-state index is 13.0. The Kier molecular flexibility index (Phi) is 4.68. The fraction of sp³-hybridized carbons (Fsp3) is 0.333. The second-order valence-corrected chi connectivity index (χ2v) is 7.83. The highest BCUT2D eigenvalue weighted by molar-refractivity contribution is 5.91. The van der Waals surface area contributed by atoms with Gasteiger partial charge in [0.05, 0.1) is 24.2 Å². The highest BCUT2D eigenvalue weighted by atomic mass is 19.2. The van der Waals surface area contributed by atoms with Crippen LogP contribution in [0.15, 0.2) is 36.8 Å². The van der Waals surface area contributed by atoms with E-state index >= 15 is 0 Å². The summed E-state index contributed by atoms with van der Waals surface area (Å²) in [6, 6.07) is 4.70. The van der Waals surface area contributed by atoms with Crippen molar-refractivity contribution in [1.29, 1.82) is 0 Å². The van der Waals surface area contributed by atoms with E-state index in [1.54, 1.807) is 27.8 Å². The van der Waals surface area contributed by atoms with Crippen LogP contribution in [0.2, 0.25) is 0 Å². The van der Waals surface area contributed by atoms with Crippen LogP contribution < -0.4 is 10.2 Å². The minimum Gasteiger partial charge on any atom is -0.449 e. The first kappa shape index (κ1) is 19.3. The smallest absolute Gasteiger partial charge is 0.414 e. The maximum atomic E-state index is 13.0. The number of urea groups is 1. The molecule has 1 N–H and O–H groups in total. The summed E-state index contributed by atoms with van der Waals surface area (Å²) in [5, 5.41) is 2.33. The van der Waals surface area contributed by atoms with Gasteiger partial charge in [0.2, 0.25) is 0 Å². The topological polar surface area (TPSA) is 92.1 Å². The standard InChI is InChI=1S/C21H21FN6O3/c1-26(22)20(29)25-18-11-27-10-14(4-5-19(27)24-18)15-8-17-16(23-9-15)6-7-28(17)21(30)31-12-13-2-3-13/h4-5,8-11,13H,2-3,6-7,12H2,1H3,(H,25,29). The van der Waals surface area contributed by atoms with E-state index in [2.05, 4.69) is 15.3 Å². The molecule has 1 fully saturated rings. The van der Waals surface area contributed by atoms with Crippen molar-refractivity contribution in [2.45, 2.75) is 19.3 Å². The molecular weight excluding hydrogens is 403 g/mol. The largest absolute Gasteiger partial charge is 0.449 e. The molecule has 0 bridgehead atoms. The van der Waals surface area contributed by atoms with Crippen LogP contribution in [0.4, 0.5) is 25.6 Å². The summed E-state index contributed by atoms with van der Waals surface area (Å²) in [4.78, 5) is 34.4. The van der Waals surface area contributed by atoms with Crippen molar-refractivity contribution in [3.05, 3.63) is 42.5 Å². The molecule has 4 heterocycles. The molecule has 0 spiro atoms. The van der Waals surface area contributed by atoms with E-state index in [9.17, 15) is 14.1 Å². The lowest BCUT2D eigenvalue weighted by Gasteiger charge is -2.17. The predicted molar refractivity (Wildman–Crippen MR) is 111 cm³/mol. The molecule has 0 atom stereocenters. The summed E-state index contributed by atoms with van der Waals surface area (Å²) >= 11 is 0. The number of amides is 3. The van der Waals surface area contributed by atoms with E-state index in [0.717, 1.165) is 42.4 Å². The number of anilines is 2. The third kappa shape index (κ3) is 3.88. The van der Waals surface area contributed by atoms with Crippen LogP contribution >= 0.6 is 0 Å². The van der Waals surface area contributed by atoms with E-state index in [-0.39, 0.29) is 17.0 Å². The summed E-state index contributed by atoms with van der Waals surface area (Å²) < 4.78 is 20.1. The van der Waals surface area contributed by atoms with E-state index in [1.165, 1.54) is 0 Å². The maximum Gasteiger partial charge on any atom is 0.414 e. The molecular formula is C21H21FN6O3. The number of pyridine rings is 2. The molecule has 1 aliphatic carbocycles. The molecule has 10 heteroatoms. The third-order valence-electron chi connectivity index (χ3n) is 5.47. The number of nitrogens with zero attached hydrogens (tertiary/aromatic N) is 5. The molecule has 0 saturated heterocycles. The van der Waals surface area contributed by atoms with Gasteiger partial charge in [-0.2, -0.15) is 5.12 Å². The van der Waals surface area contributed by atoms with Crippen molar-refractivity contribution in [1.82, 2.24) is 19.5 Å². The Balaban J connectivity index is 1.39. The molecule has 0 aromatic carbocycles. The fourth-order valence-corrected chi connectivity index (χ4v) is 3.55. The van der Waals surface area contributed by atoms with Gasteiger partial charge < -0.3 is 9.14 Å². The Morgan fingerprint density at radius 2 is 2.13 bits per heavy atom. The SMILES string of the molecule is CN(F)C(=O)Nc1cn2cc(-c3cnc4c(c3)N(C(=O)OCC3CC3)CC4)ccc2n1. The van der Waals surface area contributed by atoms with E-state index in [0.29, 0.717) is 31.1 Å². The number of fused-ring (bicyclic) bond motifs is 2. The number of hydrogen-bond donors (Lipinski definition) is 1. The highest BCUT2D eigenvalue weighted by Crippen LogP contribution is 2.33. The van der Waals surface area contributed by atoms with Crippen LogP contribution in [0.5, 0.6) is 0 Å². The minimum atomic E-state index is -0.903.